The molecule has 138 valence electrons. The molecule has 3 aromatic heterocycles. The van der Waals surface area contributed by atoms with Crippen LogP contribution < -0.4 is 4.90 Å². The van der Waals surface area contributed by atoms with Crippen molar-refractivity contribution in [3.63, 3.8) is 0 Å². The van der Waals surface area contributed by atoms with Crippen LogP contribution in [0, 0.1) is 6.92 Å². The first kappa shape index (κ1) is 17.4. The largest absolute Gasteiger partial charge is 0.281 e. The highest BCUT2D eigenvalue weighted by molar-refractivity contribution is 7.22. The predicted molar refractivity (Wildman–Crippen MR) is 106 cm³/mol. The summed E-state index contributed by atoms with van der Waals surface area (Å²) in [4.78, 5) is 19.8. The molecule has 0 saturated heterocycles. The summed E-state index contributed by atoms with van der Waals surface area (Å²) in [5, 5.41) is 9.34. The Labute approximate surface area is 160 Å². The molecule has 27 heavy (non-hydrogen) atoms. The van der Waals surface area contributed by atoms with Crippen molar-refractivity contribution in [2.75, 3.05) is 11.4 Å². The summed E-state index contributed by atoms with van der Waals surface area (Å²) in [6.45, 7) is 5.59. The molecular weight excluding hydrogens is 360 g/mol. The van der Waals surface area contributed by atoms with Crippen LogP contribution in [0.5, 0.6) is 0 Å². The van der Waals surface area contributed by atoms with Crippen LogP contribution in [0.3, 0.4) is 0 Å². The van der Waals surface area contributed by atoms with E-state index in [1.54, 1.807) is 15.8 Å². The van der Waals surface area contributed by atoms with Crippen molar-refractivity contribution in [2.24, 2.45) is 0 Å². The first-order valence-electron chi connectivity index (χ1n) is 8.85. The Morgan fingerprint density at radius 1 is 1.26 bits per heavy atom. The molecule has 0 N–H and O–H groups in total. The number of nitrogens with zero attached hydrogens (tertiary/aromatic N) is 6. The van der Waals surface area contributed by atoms with Crippen molar-refractivity contribution in [3.05, 3.63) is 60.2 Å². The lowest BCUT2D eigenvalue weighted by Gasteiger charge is -2.20. The first-order chi connectivity index (χ1) is 13.2. The van der Waals surface area contributed by atoms with Crippen LogP contribution >= 0.6 is 11.3 Å². The molecule has 7 nitrogen and oxygen atoms in total. The summed E-state index contributed by atoms with van der Waals surface area (Å²) in [5.41, 5.74) is 2.31. The molecule has 8 heteroatoms. The van der Waals surface area contributed by atoms with Crippen molar-refractivity contribution in [2.45, 2.75) is 26.9 Å². The molecule has 0 fully saturated rings. The lowest BCUT2D eigenvalue weighted by Crippen LogP contribution is -2.35. The smallest absolute Gasteiger partial charge is 0.278 e. The van der Waals surface area contributed by atoms with Gasteiger partial charge in [0.1, 0.15) is 5.69 Å². The number of aromatic nitrogens is 5. The summed E-state index contributed by atoms with van der Waals surface area (Å²) in [6, 6.07) is 11.6. The van der Waals surface area contributed by atoms with E-state index < -0.39 is 0 Å². The molecular formula is C19H20N6OS. The minimum atomic E-state index is -0.0938. The number of benzene rings is 1. The lowest BCUT2D eigenvalue weighted by molar-refractivity contribution is 0.0975. The fourth-order valence-electron chi connectivity index (χ4n) is 2.99. The molecule has 4 rings (SSSR count). The van der Waals surface area contributed by atoms with Gasteiger partial charge in [-0.25, -0.2) is 4.98 Å². The summed E-state index contributed by atoms with van der Waals surface area (Å²) in [6.07, 6.45) is 3.63. The average molecular weight is 380 g/mol. The SMILES string of the molecule is CCn1nc(C)cc1C(=O)N(CCn1cccn1)c1nc2ccccc2s1. The molecule has 1 aromatic carbocycles. The van der Waals surface area contributed by atoms with Crippen LogP contribution in [0.25, 0.3) is 10.2 Å². The van der Waals surface area contributed by atoms with Gasteiger partial charge in [0.2, 0.25) is 0 Å². The summed E-state index contributed by atoms with van der Waals surface area (Å²) in [7, 11) is 0. The van der Waals surface area contributed by atoms with Crippen LogP contribution in [0.15, 0.2) is 48.8 Å². The summed E-state index contributed by atoms with van der Waals surface area (Å²) in [5.74, 6) is -0.0938. The fraction of sp³-hybridized carbons (Fsp3) is 0.263. The van der Waals surface area contributed by atoms with Crippen molar-refractivity contribution in [1.82, 2.24) is 24.5 Å². The molecule has 0 radical (unpaired) electrons. The predicted octanol–water partition coefficient (Wildman–Crippen LogP) is 3.36. The Morgan fingerprint density at radius 3 is 2.85 bits per heavy atom. The number of rotatable bonds is 6. The van der Waals surface area contributed by atoms with Gasteiger partial charge in [-0.15, -0.1) is 0 Å². The number of hydrogen-bond acceptors (Lipinski definition) is 5. The molecule has 0 unspecified atom stereocenters. The van der Waals surface area contributed by atoms with Gasteiger partial charge in [-0.1, -0.05) is 23.5 Å². The van der Waals surface area contributed by atoms with Crippen LogP contribution in [0.2, 0.25) is 0 Å². The average Bonchev–Trinajstić information content (AvgIpc) is 3.40. The molecule has 0 aliphatic carbocycles. The lowest BCUT2D eigenvalue weighted by atomic mass is 10.3. The maximum absolute atomic E-state index is 13.4. The Bertz CT molecular complexity index is 1030. The highest BCUT2D eigenvalue weighted by Crippen LogP contribution is 2.29. The van der Waals surface area contributed by atoms with Gasteiger partial charge in [0.25, 0.3) is 5.91 Å². The summed E-state index contributed by atoms with van der Waals surface area (Å²) < 4.78 is 4.62. The van der Waals surface area contributed by atoms with Gasteiger partial charge >= 0.3 is 0 Å². The number of anilines is 1. The van der Waals surface area contributed by atoms with Gasteiger partial charge in [0.05, 0.1) is 22.5 Å². The molecule has 4 aromatic rings. The van der Waals surface area contributed by atoms with E-state index in [0.29, 0.717) is 30.5 Å². The molecule has 3 heterocycles. The molecule has 1 amide bonds. The van der Waals surface area contributed by atoms with E-state index in [1.165, 1.54) is 11.3 Å². The normalized spacial score (nSPS) is 11.2. The van der Waals surface area contributed by atoms with E-state index in [2.05, 4.69) is 15.2 Å². The maximum Gasteiger partial charge on any atom is 0.278 e. The van der Waals surface area contributed by atoms with Gasteiger partial charge in [-0.2, -0.15) is 10.2 Å². The minimum absolute atomic E-state index is 0.0938. The van der Waals surface area contributed by atoms with Crippen LogP contribution in [0.1, 0.15) is 23.1 Å². The number of fused-ring (bicyclic) bond motifs is 1. The van der Waals surface area contributed by atoms with Gasteiger partial charge in [-0.3, -0.25) is 19.1 Å². The minimum Gasteiger partial charge on any atom is -0.281 e. The van der Waals surface area contributed by atoms with E-state index in [1.807, 2.05) is 61.1 Å². The van der Waals surface area contributed by atoms with Crippen LogP contribution in [-0.4, -0.2) is 37.0 Å². The third kappa shape index (κ3) is 3.48. The second-order valence-corrected chi connectivity index (χ2v) is 7.19. The molecule has 0 saturated carbocycles. The Balaban J connectivity index is 1.71. The topological polar surface area (TPSA) is 68.8 Å². The Hall–Kier alpha value is -3.00. The zero-order valence-electron chi connectivity index (χ0n) is 15.2. The van der Waals surface area contributed by atoms with Gasteiger partial charge in [0, 0.05) is 25.5 Å². The quantitative estimate of drug-likeness (QED) is 0.514. The van der Waals surface area contributed by atoms with Gasteiger partial charge in [-0.05, 0) is 38.1 Å². The van der Waals surface area contributed by atoms with Crippen molar-refractivity contribution < 1.29 is 4.79 Å². The second kappa shape index (κ2) is 7.32. The van der Waals surface area contributed by atoms with E-state index >= 15 is 0 Å². The van der Waals surface area contributed by atoms with E-state index in [-0.39, 0.29) is 5.91 Å². The number of carbonyl (C=O) groups is 1. The highest BCUT2D eigenvalue weighted by atomic mass is 32.1. The van der Waals surface area contributed by atoms with E-state index in [9.17, 15) is 4.79 Å². The van der Waals surface area contributed by atoms with Crippen LogP contribution in [0.4, 0.5) is 5.13 Å². The van der Waals surface area contributed by atoms with E-state index in [4.69, 9.17) is 0 Å². The third-order valence-electron chi connectivity index (χ3n) is 4.29. The van der Waals surface area contributed by atoms with Gasteiger partial charge < -0.3 is 0 Å². The summed E-state index contributed by atoms with van der Waals surface area (Å²) >= 11 is 1.52. The van der Waals surface area contributed by atoms with E-state index in [0.717, 1.165) is 15.9 Å². The second-order valence-electron chi connectivity index (χ2n) is 6.18. The van der Waals surface area contributed by atoms with Gasteiger partial charge in [0.15, 0.2) is 5.13 Å². The Kier molecular flexibility index (Phi) is 4.72. The number of carbonyl (C=O) groups excluding carboxylic acids is 1. The molecule has 0 spiro atoms. The maximum atomic E-state index is 13.4. The first-order valence-corrected chi connectivity index (χ1v) is 9.66. The van der Waals surface area contributed by atoms with Crippen molar-refractivity contribution in [3.8, 4) is 0 Å². The molecule has 0 aliphatic heterocycles. The third-order valence-corrected chi connectivity index (χ3v) is 5.35. The highest BCUT2D eigenvalue weighted by Gasteiger charge is 2.24. The number of amides is 1. The van der Waals surface area contributed by atoms with Crippen LogP contribution in [-0.2, 0) is 13.1 Å². The van der Waals surface area contributed by atoms with Crippen molar-refractivity contribution >= 4 is 32.6 Å². The number of hydrogen-bond donors (Lipinski definition) is 0. The molecule has 0 aliphatic rings. The monoisotopic (exact) mass is 380 g/mol. The fourth-order valence-corrected chi connectivity index (χ4v) is 3.98. The number of aryl methyl sites for hydroxylation is 2. The number of thiazole rings is 1. The standard InChI is InChI=1S/C19H20N6OS/c1-3-25-16(13-14(2)22-25)18(26)24(12-11-23-10-6-9-20-23)19-21-15-7-4-5-8-17(15)27-19/h4-10,13H,3,11-12H2,1-2H3. The zero-order valence-corrected chi connectivity index (χ0v) is 16.1. The zero-order chi connectivity index (χ0) is 18.8. The Morgan fingerprint density at radius 2 is 2.11 bits per heavy atom. The molecule has 0 bridgehead atoms. The molecule has 0 atom stereocenters. The number of para-hydroxylation sites is 1. The van der Waals surface area contributed by atoms with Crippen molar-refractivity contribution in [1.29, 1.82) is 0 Å².